The van der Waals surface area contributed by atoms with Crippen molar-refractivity contribution in [1.29, 1.82) is 0 Å². The molecule has 2 nitrogen and oxygen atoms in total. The van der Waals surface area contributed by atoms with E-state index in [0.29, 0.717) is 11.1 Å². The van der Waals surface area contributed by atoms with Crippen molar-refractivity contribution >= 4 is 22.6 Å². The van der Waals surface area contributed by atoms with Crippen molar-refractivity contribution in [3.8, 4) is 0 Å². The minimum absolute atomic E-state index is 0.160. The number of rotatable bonds is 3. The Kier molecular flexibility index (Phi) is 2.39. The molecule has 2 rings (SSSR count). The van der Waals surface area contributed by atoms with Crippen LogP contribution in [0.3, 0.4) is 0 Å². The van der Waals surface area contributed by atoms with Crippen LogP contribution in [0.1, 0.15) is 40.5 Å². The lowest BCUT2D eigenvalue weighted by Crippen LogP contribution is -2.11. The number of carbonyl (C=O) groups excluding carboxylic acids is 2. The quantitative estimate of drug-likeness (QED) is 0.582. The molecule has 0 unspecified atom stereocenters. The van der Waals surface area contributed by atoms with Crippen molar-refractivity contribution in [2.24, 2.45) is 5.41 Å². The van der Waals surface area contributed by atoms with Gasteiger partial charge in [0.1, 0.15) is 0 Å². The molecule has 0 radical (unpaired) electrons. The maximum absolute atomic E-state index is 11.9. The van der Waals surface area contributed by atoms with Crippen LogP contribution < -0.4 is 0 Å². The lowest BCUT2D eigenvalue weighted by molar-refractivity contribution is 0.0912. The largest absolute Gasteiger partial charge is 0.294 e. The summed E-state index contributed by atoms with van der Waals surface area (Å²) in [6, 6.07) is 6.52. The van der Waals surface area contributed by atoms with E-state index in [4.69, 9.17) is 11.6 Å². The molecule has 1 aliphatic carbocycles. The van der Waals surface area contributed by atoms with E-state index in [0.717, 1.165) is 12.8 Å². The molecule has 0 aromatic heterocycles. The van der Waals surface area contributed by atoms with E-state index in [2.05, 4.69) is 0 Å². The molecule has 1 aliphatic rings. The van der Waals surface area contributed by atoms with Gasteiger partial charge in [-0.3, -0.25) is 9.59 Å². The molecule has 0 heterocycles. The number of carbonyl (C=O) groups is 2. The van der Waals surface area contributed by atoms with Crippen LogP contribution in [0, 0.1) is 5.41 Å². The maximum atomic E-state index is 11.9. The van der Waals surface area contributed by atoms with Gasteiger partial charge in [0.05, 0.1) is 0 Å². The van der Waals surface area contributed by atoms with Crippen LogP contribution in [-0.4, -0.2) is 11.0 Å². The first-order valence-corrected chi connectivity index (χ1v) is 5.25. The lowest BCUT2D eigenvalue weighted by Gasteiger charge is -2.06. The summed E-state index contributed by atoms with van der Waals surface area (Å²) in [6.45, 7) is 1.97. The molecule has 1 aromatic carbocycles. The van der Waals surface area contributed by atoms with Gasteiger partial charge in [0.25, 0.3) is 5.24 Å². The Bertz CT molecular complexity index is 416. The summed E-state index contributed by atoms with van der Waals surface area (Å²) in [6.07, 6.45) is 1.92. The molecular weight excluding hydrogens is 212 g/mol. The van der Waals surface area contributed by atoms with Crippen molar-refractivity contribution in [3.63, 3.8) is 0 Å². The second-order valence-electron chi connectivity index (χ2n) is 4.24. The molecule has 1 saturated carbocycles. The summed E-state index contributed by atoms with van der Waals surface area (Å²) in [7, 11) is 0. The molecule has 0 bridgehead atoms. The average molecular weight is 223 g/mol. The van der Waals surface area contributed by atoms with Crippen LogP contribution >= 0.6 is 11.6 Å². The van der Waals surface area contributed by atoms with Crippen LogP contribution in [0.4, 0.5) is 0 Å². The van der Waals surface area contributed by atoms with Gasteiger partial charge < -0.3 is 0 Å². The molecular formula is C12H11ClO2. The maximum Gasteiger partial charge on any atom is 0.252 e. The fourth-order valence-electron chi connectivity index (χ4n) is 1.52. The minimum atomic E-state index is -0.494. The first-order chi connectivity index (χ1) is 7.03. The first kappa shape index (κ1) is 10.4. The summed E-state index contributed by atoms with van der Waals surface area (Å²) in [5.74, 6) is 0.163. The highest BCUT2D eigenvalue weighted by Gasteiger charge is 2.44. The van der Waals surface area contributed by atoms with E-state index in [-0.39, 0.29) is 11.2 Å². The Morgan fingerprint density at radius 3 is 2.00 bits per heavy atom. The van der Waals surface area contributed by atoms with Crippen LogP contribution in [0.15, 0.2) is 24.3 Å². The monoisotopic (exact) mass is 222 g/mol. The summed E-state index contributed by atoms with van der Waals surface area (Å²) >= 11 is 5.31. The van der Waals surface area contributed by atoms with Crippen LogP contribution in [0.25, 0.3) is 0 Å². The summed E-state index contributed by atoms with van der Waals surface area (Å²) in [5.41, 5.74) is 0.929. The van der Waals surface area contributed by atoms with Gasteiger partial charge in [-0.15, -0.1) is 0 Å². The summed E-state index contributed by atoms with van der Waals surface area (Å²) in [4.78, 5) is 22.7. The molecule has 0 aliphatic heterocycles. The molecule has 3 heteroatoms. The number of hydrogen-bond acceptors (Lipinski definition) is 2. The van der Waals surface area contributed by atoms with Crippen molar-refractivity contribution in [3.05, 3.63) is 35.4 Å². The second-order valence-corrected chi connectivity index (χ2v) is 4.58. The van der Waals surface area contributed by atoms with Gasteiger partial charge in [-0.1, -0.05) is 19.1 Å². The van der Waals surface area contributed by atoms with Crippen LogP contribution in [-0.2, 0) is 0 Å². The molecule has 0 N–H and O–H groups in total. The highest BCUT2D eigenvalue weighted by atomic mass is 35.5. The molecule has 0 atom stereocenters. The Morgan fingerprint density at radius 2 is 1.60 bits per heavy atom. The number of benzene rings is 1. The number of ketones is 1. The molecule has 0 amide bonds. The summed E-state index contributed by atoms with van der Waals surface area (Å²) in [5, 5.41) is -0.494. The van der Waals surface area contributed by atoms with Crippen molar-refractivity contribution in [2.75, 3.05) is 0 Å². The smallest absolute Gasteiger partial charge is 0.252 e. The van der Waals surface area contributed by atoms with E-state index >= 15 is 0 Å². The van der Waals surface area contributed by atoms with E-state index in [1.165, 1.54) is 0 Å². The third kappa shape index (κ3) is 1.95. The predicted octanol–water partition coefficient (Wildman–Crippen LogP) is 3.05. The zero-order valence-electron chi connectivity index (χ0n) is 8.42. The highest BCUT2D eigenvalue weighted by molar-refractivity contribution is 6.67. The molecule has 15 heavy (non-hydrogen) atoms. The predicted molar refractivity (Wildman–Crippen MR) is 58.3 cm³/mol. The third-order valence-corrected chi connectivity index (χ3v) is 3.14. The zero-order chi connectivity index (χ0) is 11.1. The normalized spacial score (nSPS) is 17.2. The minimum Gasteiger partial charge on any atom is -0.294 e. The molecule has 1 fully saturated rings. The highest BCUT2D eigenvalue weighted by Crippen LogP contribution is 2.47. The summed E-state index contributed by atoms with van der Waals surface area (Å²) < 4.78 is 0. The fourth-order valence-corrected chi connectivity index (χ4v) is 1.64. The van der Waals surface area contributed by atoms with Crippen molar-refractivity contribution < 1.29 is 9.59 Å². The molecule has 1 aromatic rings. The zero-order valence-corrected chi connectivity index (χ0v) is 9.17. The average Bonchev–Trinajstić information content (AvgIpc) is 2.97. The van der Waals surface area contributed by atoms with Gasteiger partial charge >= 0.3 is 0 Å². The van der Waals surface area contributed by atoms with Gasteiger partial charge in [-0.25, -0.2) is 0 Å². The van der Waals surface area contributed by atoms with Crippen molar-refractivity contribution in [1.82, 2.24) is 0 Å². The number of hydrogen-bond donors (Lipinski definition) is 0. The van der Waals surface area contributed by atoms with Gasteiger partial charge in [0.15, 0.2) is 5.78 Å². The lowest BCUT2D eigenvalue weighted by atomic mass is 9.96. The molecule has 0 spiro atoms. The Hall–Kier alpha value is -1.15. The van der Waals surface area contributed by atoms with Crippen LogP contribution in [0.5, 0.6) is 0 Å². The van der Waals surface area contributed by atoms with Gasteiger partial charge in [-0.05, 0) is 36.6 Å². The standard InChI is InChI=1S/C12H11ClO2/c1-12(6-7-12)10(14)8-2-4-9(5-3-8)11(13)15/h2-5H,6-7H2,1H3. The molecule has 0 saturated heterocycles. The molecule has 78 valence electrons. The Labute approximate surface area is 93.2 Å². The SMILES string of the molecule is CC1(C(=O)c2ccc(C(=O)Cl)cc2)CC1. The topological polar surface area (TPSA) is 34.1 Å². The first-order valence-electron chi connectivity index (χ1n) is 4.88. The van der Waals surface area contributed by atoms with Crippen LogP contribution in [0.2, 0.25) is 0 Å². The Balaban J connectivity index is 2.24. The second kappa shape index (κ2) is 3.46. The van der Waals surface area contributed by atoms with Gasteiger partial charge in [-0.2, -0.15) is 0 Å². The number of Topliss-reactive ketones (excluding diaryl/α,β-unsaturated/α-hetero) is 1. The van der Waals surface area contributed by atoms with Crippen molar-refractivity contribution in [2.45, 2.75) is 19.8 Å². The van der Waals surface area contributed by atoms with E-state index in [1.54, 1.807) is 24.3 Å². The van der Waals surface area contributed by atoms with E-state index in [1.807, 2.05) is 6.92 Å². The van der Waals surface area contributed by atoms with E-state index < -0.39 is 5.24 Å². The third-order valence-electron chi connectivity index (χ3n) is 2.92. The van der Waals surface area contributed by atoms with Gasteiger partial charge in [0, 0.05) is 16.5 Å². The van der Waals surface area contributed by atoms with Gasteiger partial charge in [0.2, 0.25) is 0 Å². The number of halogens is 1. The Morgan fingerprint density at radius 1 is 1.13 bits per heavy atom. The van der Waals surface area contributed by atoms with E-state index in [9.17, 15) is 9.59 Å². The fraction of sp³-hybridized carbons (Fsp3) is 0.333.